The van der Waals surface area contributed by atoms with Crippen LogP contribution in [-0.4, -0.2) is 14.8 Å². The second kappa shape index (κ2) is 15.7. The Kier molecular flexibility index (Phi) is 9.93. The summed E-state index contributed by atoms with van der Waals surface area (Å²) in [6.45, 7) is 1.56. The number of aromatic nitrogens is 1. The van der Waals surface area contributed by atoms with Crippen molar-refractivity contribution in [2.75, 3.05) is 0 Å². The minimum atomic E-state index is -0.126. The van der Waals surface area contributed by atoms with Gasteiger partial charge in [-0.25, -0.2) is 0 Å². The number of benzene rings is 6. The van der Waals surface area contributed by atoms with E-state index in [2.05, 4.69) is 221 Å². The first-order valence-corrected chi connectivity index (χ1v) is 19.1. The van der Waals surface area contributed by atoms with E-state index >= 15 is 0 Å². The van der Waals surface area contributed by atoms with E-state index in [1.165, 1.54) is 33.4 Å². The van der Waals surface area contributed by atoms with Crippen molar-refractivity contribution in [1.82, 2.24) is 25.4 Å². The summed E-state index contributed by atoms with van der Waals surface area (Å²) >= 11 is 0. The third-order valence-corrected chi connectivity index (χ3v) is 11.1. The summed E-state index contributed by atoms with van der Waals surface area (Å²) in [6, 6.07) is 72.3. The fourth-order valence-electron chi connectivity index (χ4n) is 8.62. The van der Waals surface area contributed by atoms with Gasteiger partial charge in [0.2, 0.25) is 0 Å². The van der Waals surface area contributed by atoms with E-state index in [1.807, 2.05) is 0 Å². The number of nitrogens with zero attached hydrogens (tertiary/aromatic N) is 3. The highest BCUT2D eigenvalue weighted by Crippen LogP contribution is 2.48. The summed E-state index contributed by atoms with van der Waals surface area (Å²) in [6.07, 6.45) is -0.251. The molecule has 9 rings (SSSR count). The van der Waals surface area contributed by atoms with Crippen molar-refractivity contribution >= 4 is 0 Å². The molecule has 0 spiro atoms. The highest BCUT2D eigenvalue weighted by Gasteiger charge is 2.46. The molecular weight excluding hydrogens is 659 g/mol. The molecule has 2 N–H and O–H groups in total. The third kappa shape index (κ3) is 7.03. The molecule has 2 saturated heterocycles. The van der Waals surface area contributed by atoms with Crippen LogP contribution in [0.5, 0.6) is 0 Å². The monoisotopic (exact) mass is 703 g/mol. The molecule has 2 unspecified atom stereocenters. The van der Waals surface area contributed by atoms with Crippen LogP contribution in [-0.2, 0) is 13.1 Å². The quantitative estimate of drug-likeness (QED) is 0.149. The van der Waals surface area contributed by atoms with Crippen LogP contribution in [0.15, 0.2) is 200 Å². The van der Waals surface area contributed by atoms with Gasteiger partial charge in [-0.15, -0.1) is 0 Å². The van der Waals surface area contributed by atoms with Gasteiger partial charge >= 0.3 is 0 Å². The lowest BCUT2D eigenvalue weighted by atomic mass is 9.93. The summed E-state index contributed by atoms with van der Waals surface area (Å²) in [5, 5.41) is 8.22. The van der Waals surface area contributed by atoms with Crippen molar-refractivity contribution in [3.05, 3.63) is 245 Å². The zero-order valence-corrected chi connectivity index (χ0v) is 30.3. The molecule has 0 bridgehead atoms. The van der Waals surface area contributed by atoms with E-state index in [4.69, 9.17) is 4.98 Å². The maximum absolute atomic E-state index is 5.62. The molecule has 7 aromatic rings. The fourth-order valence-corrected chi connectivity index (χ4v) is 8.62. The summed E-state index contributed by atoms with van der Waals surface area (Å²) in [4.78, 5) is 10.8. The lowest BCUT2D eigenvalue weighted by Gasteiger charge is -2.32. The topological polar surface area (TPSA) is 43.4 Å². The van der Waals surface area contributed by atoms with Crippen molar-refractivity contribution in [2.24, 2.45) is 0 Å². The van der Waals surface area contributed by atoms with Crippen LogP contribution in [0.3, 0.4) is 0 Å². The molecule has 2 aliphatic heterocycles. The highest BCUT2D eigenvalue weighted by atomic mass is 15.4. The number of pyridine rings is 1. The van der Waals surface area contributed by atoms with Gasteiger partial charge in [-0.2, -0.15) is 0 Å². The van der Waals surface area contributed by atoms with Crippen LogP contribution in [0.25, 0.3) is 0 Å². The number of rotatable bonds is 10. The van der Waals surface area contributed by atoms with Gasteiger partial charge in [0.25, 0.3) is 0 Å². The molecule has 3 heterocycles. The summed E-state index contributed by atoms with van der Waals surface area (Å²) in [5.74, 6) is 0. The standard InChI is InChI=1S/C49H45N5/c1-7-20-36(21-8-1)34-53-46(40-28-15-5-16-29-40)44(38-24-11-3-12-25-38)51-48(53)42-32-19-33-43(50-42)49-52-45(39-26-13-4-14-27-39)47(41-30-17-6-18-31-41)54(49)35-37-22-9-2-10-23-37/h1-33,44-49,51-52H,34-35H2/t44-,45+,46-,47+,48?,49?. The first-order chi connectivity index (χ1) is 26.8. The Morgan fingerprint density at radius 1 is 0.352 bits per heavy atom. The van der Waals surface area contributed by atoms with Gasteiger partial charge in [0.15, 0.2) is 0 Å². The van der Waals surface area contributed by atoms with E-state index in [0.717, 1.165) is 24.5 Å². The van der Waals surface area contributed by atoms with Gasteiger partial charge in [-0.05, 0) is 45.5 Å². The largest absolute Gasteiger partial charge is 0.288 e. The maximum atomic E-state index is 5.62. The first kappa shape index (κ1) is 34.1. The van der Waals surface area contributed by atoms with Crippen molar-refractivity contribution in [2.45, 2.75) is 49.6 Å². The Labute approximate surface area is 319 Å². The summed E-state index contributed by atoms with van der Waals surface area (Å²) < 4.78 is 0. The first-order valence-electron chi connectivity index (χ1n) is 19.1. The van der Waals surface area contributed by atoms with Crippen LogP contribution >= 0.6 is 0 Å². The zero-order valence-electron chi connectivity index (χ0n) is 30.3. The Morgan fingerprint density at radius 2 is 0.667 bits per heavy atom. The lowest BCUT2D eigenvalue weighted by Crippen LogP contribution is -2.32. The molecule has 54 heavy (non-hydrogen) atoms. The molecule has 5 nitrogen and oxygen atoms in total. The Morgan fingerprint density at radius 3 is 1.02 bits per heavy atom. The number of hydrogen-bond donors (Lipinski definition) is 2. The maximum Gasteiger partial charge on any atom is 0.105 e. The Bertz CT molecular complexity index is 2060. The SMILES string of the molecule is c1ccc(CN2C(c3cccc(C4N[C@@H](c5ccccc5)[C@H](c5ccccc5)N4Cc4ccccc4)n3)N[C@H](c3ccccc3)[C@H]2c2ccccc2)cc1. The average molecular weight is 704 g/mol. The normalized spacial score (nSPS) is 23.0. The van der Waals surface area contributed by atoms with E-state index in [0.29, 0.717) is 0 Å². The Hall–Kier alpha value is -5.69. The zero-order chi connectivity index (χ0) is 36.1. The fraction of sp³-hybridized carbons (Fsp3) is 0.163. The molecule has 0 aliphatic carbocycles. The second-order valence-corrected chi connectivity index (χ2v) is 14.4. The van der Waals surface area contributed by atoms with E-state index < -0.39 is 0 Å². The van der Waals surface area contributed by atoms with Gasteiger partial charge < -0.3 is 0 Å². The van der Waals surface area contributed by atoms with Crippen LogP contribution < -0.4 is 10.6 Å². The van der Waals surface area contributed by atoms with E-state index in [9.17, 15) is 0 Å². The molecule has 1 aromatic heterocycles. The molecule has 5 heteroatoms. The van der Waals surface area contributed by atoms with Gasteiger partial charge in [0.05, 0.1) is 35.6 Å². The smallest absolute Gasteiger partial charge is 0.105 e. The van der Waals surface area contributed by atoms with Gasteiger partial charge in [0.1, 0.15) is 12.3 Å². The predicted octanol–water partition coefficient (Wildman–Crippen LogP) is 10.3. The second-order valence-electron chi connectivity index (χ2n) is 14.4. The molecule has 2 fully saturated rings. The van der Waals surface area contributed by atoms with Crippen molar-refractivity contribution in [3.8, 4) is 0 Å². The summed E-state index contributed by atoms with van der Waals surface area (Å²) in [5.41, 5.74) is 9.70. The van der Waals surface area contributed by atoms with Crippen molar-refractivity contribution in [3.63, 3.8) is 0 Å². The third-order valence-electron chi connectivity index (χ3n) is 11.1. The minimum Gasteiger partial charge on any atom is -0.288 e. The molecule has 6 atom stereocenters. The van der Waals surface area contributed by atoms with Crippen LogP contribution in [0.4, 0.5) is 0 Å². The lowest BCUT2D eigenvalue weighted by molar-refractivity contribution is 0.165. The predicted molar refractivity (Wildman–Crippen MR) is 217 cm³/mol. The van der Waals surface area contributed by atoms with Crippen LogP contribution in [0.1, 0.15) is 81.3 Å². The van der Waals surface area contributed by atoms with Crippen molar-refractivity contribution in [1.29, 1.82) is 0 Å². The molecule has 0 saturated carbocycles. The molecular formula is C49H45N5. The van der Waals surface area contributed by atoms with E-state index in [1.54, 1.807) is 0 Å². The molecule has 6 aromatic carbocycles. The van der Waals surface area contributed by atoms with E-state index in [-0.39, 0.29) is 36.5 Å². The molecule has 0 amide bonds. The van der Waals surface area contributed by atoms with Gasteiger partial charge in [-0.1, -0.05) is 188 Å². The Balaban J connectivity index is 1.15. The summed E-state index contributed by atoms with van der Waals surface area (Å²) in [7, 11) is 0. The number of nitrogens with one attached hydrogen (secondary N) is 2. The molecule has 2 aliphatic rings. The van der Waals surface area contributed by atoms with Crippen LogP contribution in [0, 0.1) is 0 Å². The highest BCUT2D eigenvalue weighted by molar-refractivity contribution is 5.35. The number of hydrogen-bond acceptors (Lipinski definition) is 5. The van der Waals surface area contributed by atoms with Crippen LogP contribution in [0.2, 0.25) is 0 Å². The molecule has 266 valence electrons. The van der Waals surface area contributed by atoms with Gasteiger partial charge in [-0.3, -0.25) is 25.4 Å². The minimum absolute atomic E-state index is 0.0666. The van der Waals surface area contributed by atoms with Crippen molar-refractivity contribution < 1.29 is 0 Å². The van der Waals surface area contributed by atoms with Gasteiger partial charge in [0, 0.05) is 13.1 Å². The average Bonchev–Trinajstić information content (AvgIpc) is 3.82. The molecule has 0 radical (unpaired) electrons.